The van der Waals surface area contributed by atoms with Crippen molar-refractivity contribution in [3.63, 3.8) is 0 Å². The molecule has 1 aliphatic carbocycles. The van der Waals surface area contributed by atoms with E-state index in [0.717, 1.165) is 11.2 Å². The van der Waals surface area contributed by atoms with Crippen molar-refractivity contribution in [1.29, 1.82) is 0 Å². The third-order valence-electron chi connectivity index (χ3n) is 5.86. The van der Waals surface area contributed by atoms with Crippen LogP contribution in [0.1, 0.15) is 6.42 Å². The van der Waals surface area contributed by atoms with Crippen molar-refractivity contribution in [2.45, 2.75) is 6.42 Å². The summed E-state index contributed by atoms with van der Waals surface area (Å²) in [6, 6.07) is 21.5. The standard InChI is InChI=1S/C25H18BNO2S/c28-26(29)16-6-5-7-17(13-12-16)27-21-10-3-1-9-20(21)24-22(27)15-14-19-18-8-2-4-11-23(18)30-25(19)24/h1-4,6-15,28-29H,5H2. The molecule has 2 heterocycles. The van der Waals surface area contributed by atoms with Crippen molar-refractivity contribution in [2.75, 3.05) is 0 Å². The van der Waals surface area contributed by atoms with Crippen LogP contribution in [-0.4, -0.2) is 21.7 Å². The summed E-state index contributed by atoms with van der Waals surface area (Å²) >= 11 is 1.85. The summed E-state index contributed by atoms with van der Waals surface area (Å²) in [5, 5.41) is 24.2. The Kier molecular flexibility index (Phi) is 3.96. The maximum absolute atomic E-state index is 9.56. The van der Waals surface area contributed by atoms with Crippen molar-refractivity contribution in [3.05, 3.63) is 90.4 Å². The summed E-state index contributed by atoms with van der Waals surface area (Å²) in [5.41, 5.74) is 3.88. The molecule has 0 saturated carbocycles. The van der Waals surface area contributed by atoms with Crippen molar-refractivity contribution < 1.29 is 10.0 Å². The zero-order valence-electron chi connectivity index (χ0n) is 16.1. The third-order valence-corrected chi connectivity index (χ3v) is 7.07. The number of benzene rings is 3. The maximum Gasteiger partial charge on any atom is 0.488 e. The molecule has 2 aromatic heterocycles. The molecule has 0 spiro atoms. The molecule has 30 heavy (non-hydrogen) atoms. The van der Waals surface area contributed by atoms with Crippen LogP contribution in [0.2, 0.25) is 0 Å². The zero-order chi connectivity index (χ0) is 20.2. The van der Waals surface area contributed by atoms with Crippen LogP contribution in [-0.2, 0) is 0 Å². The lowest BCUT2D eigenvalue weighted by Gasteiger charge is -2.08. The summed E-state index contributed by atoms with van der Waals surface area (Å²) < 4.78 is 4.90. The highest BCUT2D eigenvalue weighted by molar-refractivity contribution is 7.26. The first-order chi connectivity index (χ1) is 14.7. The van der Waals surface area contributed by atoms with Gasteiger partial charge in [0.25, 0.3) is 0 Å². The Balaban J connectivity index is 1.70. The normalized spacial score (nSPS) is 14.5. The average Bonchev–Trinajstić information content (AvgIpc) is 3.19. The minimum Gasteiger partial charge on any atom is -0.423 e. The SMILES string of the molecule is OB(O)C1=CCC=C(n2c3ccccc3c3c4sc5ccccc5c4ccc32)C=C1. The van der Waals surface area contributed by atoms with Gasteiger partial charge >= 0.3 is 7.12 Å². The van der Waals surface area contributed by atoms with Crippen molar-refractivity contribution in [1.82, 2.24) is 4.57 Å². The highest BCUT2D eigenvalue weighted by Gasteiger charge is 2.18. The lowest BCUT2D eigenvalue weighted by atomic mass is 9.79. The minimum absolute atomic E-state index is 0.522. The fourth-order valence-electron chi connectivity index (χ4n) is 4.50. The maximum atomic E-state index is 9.56. The number of thiophene rings is 1. The van der Waals surface area contributed by atoms with E-state index in [9.17, 15) is 10.0 Å². The molecule has 0 amide bonds. The van der Waals surface area contributed by atoms with Gasteiger partial charge in [-0.2, -0.15) is 0 Å². The highest BCUT2D eigenvalue weighted by atomic mass is 32.1. The molecule has 0 unspecified atom stereocenters. The lowest BCUT2D eigenvalue weighted by Crippen LogP contribution is -2.13. The summed E-state index contributed by atoms with van der Waals surface area (Å²) in [4.78, 5) is 0. The van der Waals surface area contributed by atoms with E-state index in [1.54, 1.807) is 6.08 Å². The molecule has 3 nitrogen and oxygen atoms in total. The van der Waals surface area contributed by atoms with Gasteiger partial charge in [-0.05, 0) is 36.2 Å². The molecule has 0 atom stereocenters. The fourth-order valence-corrected chi connectivity index (χ4v) is 5.76. The largest absolute Gasteiger partial charge is 0.488 e. The molecule has 5 aromatic rings. The number of hydrogen-bond acceptors (Lipinski definition) is 3. The fraction of sp³-hybridized carbons (Fsp3) is 0.0400. The Morgan fingerprint density at radius 1 is 0.767 bits per heavy atom. The second-order valence-electron chi connectivity index (χ2n) is 7.56. The molecule has 3 aromatic carbocycles. The van der Waals surface area contributed by atoms with E-state index in [1.807, 2.05) is 23.5 Å². The summed E-state index contributed by atoms with van der Waals surface area (Å²) in [5.74, 6) is 0. The number of rotatable bonds is 2. The molecule has 5 heteroatoms. The molecule has 0 bridgehead atoms. The number of nitrogens with zero attached hydrogens (tertiary/aromatic N) is 1. The Labute approximate surface area is 177 Å². The van der Waals surface area contributed by atoms with E-state index >= 15 is 0 Å². The van der Waals surface area contributed by atoms with Gasteiger partial charge in [-0.15, -0.1) is 11.3 Å². The number of fused-ring (bicyclic) bond motifs is 7. The van der Waals surface area contributed by atoms with Crippen LogP contribution in [0.3, 0.4) is 0 Å². The first-order valence-corrected chi connectivity index (χ1v) is 10.8. The first kappa shape index (κ1) is 17.7. The van der Waals surface area contributed by atoms with E-state index in [-0.39, 0.29) is 0 Å². The summed E-state index contributed by atoms with van der Waals surface area (Å²) in [6.45, 7) is 0. The monoisotopic (exact) mass is 407 g/mol. The van der Waals surface area contributed by atoms with Crippen LogP contribution < -0.4 is 0 Å². The minimum atomic E-state index is -1.45. The summed E-state index contributed by atoms with van der Waals surface area (Å²) in [7, 11) is -1.45. The second-order valence-corrected chi connectivity index (χ2v) is 8.62. The Morgan fingerprint density at radius 3 is 2.43 bits per heavy atom. The number of aromatic nitrogens is 1. The van der Waals surface area contributed by atoms with Crippen molar-refractivity contribution >= 4 is 66.1 Å². The van der Waals surface area contributed by atoms with E-state index in [1.165, 1.54) is 36.5 Å². The predicted molar refractivity (Wildman–Crippen MR) is 129 cm³/mol. The number of allylic oxidation sites excluding steroid dienone is 6. The molecule has 2 N–H and O–H groups in total. The van der Waals surface area contributed by atoms with Gasteiger partial charge in [0.15, 0.2) is 0 Å². The predicted octanol–water partition coefficient (Wildman–Crippen LogP) is 5.90. The number of para-hydroxylation sites is 1. The van der Waals surface area contributed by atoms with Crippen LogP contribution >= 0.6 is 11.3 Å². The highest BCUT2D eigenvalue weighted by Crippen LogP contribution is 2.43. The quantitative estimate of drug-likeness (QED) is 0.358. The van der Waals surface area contributed by atoms with Crippen molar-refractivity contribution in [3.8, 4) is 0 Å². The van der Waals surface area contributed by atoms with Crippen LogP contribution in [0, 0.1) is 0 Å². The third kappa shape index (κ3) is 2.53. The molecule has 0 aliphatic heterocycles. The topological polar surface area (TPSA) is 45.4 Å². The molecule has 6 rings (SSSR count). The van der Waals surface area contributed by atoms with Gasteiger partial charge in [0, 0.05) is 36.6 Å². The van der Waals surface area contributed by atoms with E-state index in [0.29, 0.717) is 11.9 Å². The zero-order valence-corrected chi connectivity index (χ0v) is 16.9. The Hall–Kier alpha value is -3.12. The van der Waals surface area contributed by atoms with Crippen LogP contribution in [0.4, 0.5) is 0 Å². The smallest absolute Gasteiger partial charge is 0.423 e. The van der Waals surface area contributed by atoms with E-state index in [4.69, 9.17) is 0 Å². The van der Waals surface area contributed by atoms with Gasteiger partial charge in [-0.25, -0.2) is 0 Å². The summed E-state index contributed by atoms with van der Waals surface area (Å²) in [6.07, 6.45) is 8.40. The van der Waals surface area contributed by atoms with Gasteiger partial charge in [-0.3, -0.25) is 0 Å². The Morgan fingerprint density at radius 2 is 1.57 bits per heavy atom. The molecular weight excluding hydrogens is 389 g/mol. The molecule has 1 aliphatic rings. The van der Waals surface area contributed by atoms with E-state index in [2.05, 4.69) is 71.3 Å². The van der Waals surface area contributed by atoms with Crippen LogP contribution in [0.15, 0.2) is 90.4 Å². The lowest BCUT2D eigenvalue weighted by molar-refractivity contribution is 0.420. The molecule has 0 saturated heterocycles. The molecule has 0 radical (unpaired) electrons. The van der Waals surface area contributed by atoms with Gasteiger partial charge in [0.05, 0.1) is 11.0 Å². The van der Waals surface area contributed by atoms with Crippen molar-refractivity contribution in [2.24, 2.45) is 0 Å². The number of hydrogen-bond donors (Lipinski definition) is 2. The van der Waals surface area contributed by atoms with E-state index < -0.39 is 7.12 Å². The van der Waals surface area contributed by atoms with Gasteiger partial charge < -0.3 is 14.6 Å². The van der Waals surface area contributed by atoms with Gasteiger partial charge in [-0.1, -0.05) is 60.7 Å². The molecular formula is C25H18BNO2S. The van der Waals surface area contributed by atoms with Gasteiger partial charge in [0.1, 0.15) is 0 Å². The average molecular weight is 407 g/mol. The first-order valence-electron chi connectivity index (χ1n) is 10.0. The molecule has 0 fully saturated rings. The van der Waals surface area contributed by atoms with Crippen LogP contribution in [0.5, 0.6) is 0 Å². The molecule has 144 valence electrons. The van der Waals surface area contributed by atoms with Gasteiger partial charge in [0.2, 0.25) is 0 Å². The second kappa shape index (κ2) is 6.71. The Bertz CT molecular complexity index is 1550. The van der Waals surface area contributed by atoms with Crippen LogP contribution in [0.25, 0.3) is 47.7 Å².